The minimum absolute atomic E-state index is 0.0589. The van der Waals surface area contributed by atoms with Gasteiger partial charge in [0.25, 0.3) is 5.69 Å². The summed E-state index contributed by atoms with van der Waals surface area (Å²) in [6.45, 7) is 0. The van der Waals surface area contributed by atoms with E-state index in [1.54, 1.807) is 12.1 Å². The Morgan fingerprint density at radius 1 is 0.970 bits per heavy atom. The Bertz CT molecular complexity index is 1220. The van der Waals surface area contributed by atoms with Crippen LogP contribution >= 0.6 is 0 Å². The number of carbonyl (C=O) groups is 1. The summed E-state index contributed by atoms with van der Waals surface area (Å²) in [5.74, 6) is 2.62. The molecule has 0 atom stereocenters. The summed E-state index contributed by atoms with van der Waals surface area (Å²) in [5.41, 5.74) is 3.42. The van der Waals surface area contributed by atoms with Crippen LogP contribution in [0.25, 0.3) is 22.2 Å². The van der Waals surface area contributed by atoms with Crippen molar-refractivity contribution in [2.75, 3.05) is 5.32 Å². The number of nitro benzene ring substituents is 1. The Morgan fingerprint density at radius 2 is 1.64 bits per heavy atom. The highest BCUT2D eigenvalue weighted by Gasteiger charge is 2.51. The second-order valence-corrected chi connectivity index (χ2v) is 10.5. The third-order valence-electron chi connectivity index (χ3n) is 8.08. The van der Waals surface area contributed by atoms with Crippen LogP contribution in [0, 0.1) is 33.3 Å². The van der Waals surface area contributed by atoms with Gasteiger partial charge in [0.1, 0.15) is 0 Å². The Labute approximate surface area is 192 Å². The molecule has 4 bridgehead atoms. The molecule has 0 radical (unpaired) electrons. The molecule has 0 unspecified atom stereocenters. The van der Waals surface area contributed by atoms with Crippen molar-refractivity contribution in [2.24, 2.45) is 23.2 Å². The zero-order chi connectivity index (χ0) is 22.6. The number of non-ortho nitro benzene ring substituents is 1. The molecule has 1 aromatic heterocycles. The van der Waals surface area contributed by atoms with Gasteiger partial charge >= 0.3 is 0 Å². The Morgan fingerprint density at radius 3 is 2.27 bits per heavy atom. The fourth-order valence-electron chi connectivity index (χ4n) is 7.22. The molecule has 1 N–H and O–H groups in total. The zero-order valence-corrected chi connectivity index (χ0v) is 18.5. The van der Waals surface area contributed by atoms with Crippen molar-refractivity contribution in [3.8, 4) is 11.3 Å². The zero-order valence-electron chi connectivity index (χ0n) is 18.5. The maximum atomic E-state index is 13.1. The van der Waals surface area contributed by atoms with Crippen molar-refractivity contribution in [3.05, 3.63) is 64.7 Å². The van der Waals surface area contributed by atoms with Gasteiger partial charge in [-0.3, -0.25) is 14.9 Å². The second-order valence-electron chi connectivity index (χ2n) is 10.5. The molecule has 6 nitrogen and oxygen atoms in total. The van der Waals surface area contributed by atoms with E-state index in [0.29, 0.717) is 6.42 Å². The van der Waals surface area contributed by atoms with Crippen LogP contribution < -0.4 is 5.32 Å². The quantitative estimate of drug-likeness (QED) is 0.369. The number of fused-ring (bicyclic) bond motifs is 1. The van der Waals surface area contributed by atoms with Gasteiger partial charge in [0.15, 0.2) is 0 Å². The number of hydrogen-bond acceptors (Lipinski definition) is 4. The number of aromatic nitrogens is 1. The lowest BCUT2D eigenvalue weighted by Crippen LogP contribution is -2.47. The second kappa shape index (κ2) is 7.65. The van der Waals surface area contributed by atoms with Gasteiger partial charge in [0.05, 0.1) is 21.8 Å². The number of nitro groups is 1. The lowest BCUT2D eigenvalue weighted by molar-refractivity contribution is -0.384. The summed E-state index contributed by atoms with van der Waals surface area (Å²) in [7, 11) is 0. The van der Waals surface area contributed by atoms with Crippen molar-refractivity contribution in [3.63, 3.8) is 0 Å². The molecule has 33 heavy (non-hydrogen) atoms. The van der Waals surface area contributed by atoms with Crippen LogP contribution in [-0.2, 0) is 4.79 Å². The highest BCUT2D eigenvalue weighted by atomic mass is 16.6. The summed E-state index contributed by atoms with van der Waals surface area (Å²) in [4.78, 5) is 28.4. The summed E-state index contributed by atoms with van der Waals surface area (Å²) < 4.78 is 0. The van der Waals surface area contributed by atoms with Crippen LogP contribution in [0.3, 0.4) is 0 Å². The van der Waals surface area contributed by atoms with Crippen LogP contribution in [-0.4, -0.2) is 15.8 Å². The molecule has 1 heterocycles. The lowest BCUT2D eigenvalue weighted by Gasteiger charge is -2.56. The Kier molecular flexibility index (Phi) is 4.71. The van der Waals surface area contributed by atoms with Gasteiger partial charge in [-0.2, -0.15) is 0 Å². The number of nitrogens with zero attached hydrogens (tertiary/aromatic N) is 2. The molecule has 1 amide bonds. The van der Waals surface area contributed by atoms with Gasteiger partial charge in [0, 0.05) is 29.5 Å². The molecule has 4 aliphatic carbocycles. The standard InChI is InChI=1S/C27H27N3O3/c31-26(16-27-13-17-10-18(14-27)12-19(11-17)15-27)29-25-3-1-2-24-22(25)8-9-23(28-24)20-4-6-21(7-5-20)30(32)33/h1-9,17-19H,10-16H2,(H,29,31). The molecule has 3 aromatic rings. The monoisotopic (exact) mass is 441 g/mol. The molecular weight excluding hydrogens is 414 g/mol. The third-order valence-corrected chi connectivity index (χ3v) is 8.08. The number of nitrogens with one attached hydrogen (secondary N) is 1. The molecule has 4 fully saturated rings. The van der Waals surface area contributed by atoms with Crippen molar-refractivity contribution in [1.29, 1.82) is 0 Å². The first-order valence-electron chi connectivity index (χ1n) is 11.9. The van der Waals surface area contributed by atoms with Crippen LogP contribution in [0.1, 0.15) is 44.9 Å². The average Bonchev–Trinajstić information content (AvgIpc) is 2.77. The largest absolute Gasteiger partial charge is 0.325 e. The van der Waals surface area contributed by atoms with Gasteiger partial charge in [-0.25, -0.2) is 4.98 Å². The molecule has 4 saturated carbocycles. The molecule has 6 heteroatoms. The fourth-order valence-corrected chi connectivity index (χ4v) is 7.22. The van der Waals surface area contributed by atoms with Crippen molar-refractivity contribution >= 4 is 28.2 Å². The van der Waals surface area contributed by atoms with Crippen molar-refractivity contribution < 1.29 is 9.72 Å². The molecule has 168 valence electrons. The van der Waals surface area contributed by atoms with E-state index >= 15 is 0 Å². The topological polar surface area (TPSA) is 85.1 Å². The fraction of sp³-hybridized carbons (Fsp3) is 0.407. The number of amides is 1. The predicted molar refractivity (Wildman–Crippen MR) is 128 cm³/mol. The highest BCUT2D eigenvalue weighted by molar-refractivity contribution is 6.01. The van der Waals surface area contributed by atoms with Gasteiger partial charge in [-0.1, -0.05) is 6.07 Å². The van der Waals surface area contributed by atoms with E-state index in [1.807, 2.05) is 30.3 Å². The molecule has 0 saturated heterocycles. The van der Waals surface area contributed by atoms with E-state index in [-0.39, 0.29) is 17.0 Å². The van der Waals surface area contributed by atoms with Crippen molar-refractivity contribution in [2.45, 2.75) is 44.9 Å². The summed E-state index contributed by atoms with van der Waals surface area (Å²) in [5, 5.41) is 15.0. The SMILES string of the molecule is O=C(CC12CC3CC(CC(C3)C1)C2)Nc1cccc2nc(-c3ccc([N+](=O)[O-])cc3)ccc12. The van der Waals surface area contributed by atoms with E-state index in [0.717, 1.165) is 45.6 Å². The number of hydrogen-bond donors (Lipinski definition) is 1. The molecule has 4 aliphatic rings. The first-order chi connectivity index (χ1) is 16.0. The molecule has 0 spiro atoms. The van der Waals surface area contributed by atoms with E-state index in [2.05, 4.69) is 5.32 Å². The van der Waals surface area contributed by atoms with E-state index in [9.17, 15) is 14.9 Å². The average molecular weight is 442 g/mol. The summed E-state index contributed by atoms with van der Waals surface area (Å²) >= 11 is 0. The summed E-state index contributed by atoms with van der Waals surface area (Å²) in [6, 6.07) is 16.1. The number of carbonyl (C=O) groups excluding carboxylic acids is 1. The first kappa shape index (κ1) is 20.3. The maximum absolute atomic E-state index is 13.1. The molecule has 2 aromatic carbocycles. The normalized spacial score (nSPS) is 27.6. The van der Waals surface area contributed by atoms with E-state index in [4.69, 9.17) is 4.98 Å². The van der Waals surface area contributed by atoms with Gasteiger partial charge < -0.3 is 5.32 Å². The predicted octanol–water partition coefficient (Wildman–Crippen LogP) is 6.36. The van der Waals surface area contributed by atoms with Crippen LogP contribution in [0.2, 0.25) is 0 Å². The number of pyridine rings is 1. The molecule has 7 rings (SSSR count). The van der Waals surface area contributed by atoms with Gasteiger partial charge in [-0.15, -0.1) is 0 Å². The summed E-state index contributed by atoms with van der Waals surface area (Å²) in [6.07, 6.45) is 8.44. The molecule has 0 aliphatic heterocycles. The van der Waals surface area contributed by atoms with Gasteiger partial charge in [0.2, 0.25) is 5.91 Å². The third kappa shape index (κ3) is 3.77. The molecular formula is C27H27N3O3. The van der Waals surface area contributed by atoms with Gasteiger partial charge in [-0.05, 0) is 98.1 Å². The Hall–Kier alpha value is -3.28. The van der Waals surface area contributed by atoms with E-state index in [1.165, 1.54) is 50.7 Å². The first-order valence-corrected chi connectivity index (χ1v) is 11.9. The Balaban J connectivity index is 1.22. The smallest absolute Gasteiger partial charge is 0.269 e. The van der Waals surface area contributed by atoms with Crippen LogP contribution in [0.4, 0.5) is 11.4 Å². The van der Waals surface area contributed by atoms with Crippen LogP contribution in [0.15, 0.2) is 54.6 Å². The lowest BCUT2D eigenvalue weighted by atomic mass is 9.49. The van der Waals surface area contributed by atoms with E-state index < -0.39 is 4.92 Å². The van der Waals surface area contributed by atoms with Crippen LogP contribution in [0.5, 0.6) is 0 Å². The maximum Gasteiger partial charge on any atom is 0.269 e. The highest BCUT2D eigenvalue weighted by Crippen LogP contribution is 2.61. The minimum atomic E-state index is -0.407. The number of benzene rings is 2. The minimum Gasteiger partial charge on any atom is -0.325 e. The number of rotatable bonds is 5. The van der Waals surface area contributed by atoms with Crippen molar-refractivity contribution in [1.82, 2.24) is 4.98 Å². The number of anilines is 1.